The second-order valence-corrected chi connectivity index (χ2v) is 9.98. The van der Waals surface area contributed by atoms with Crippen molar-refractivity contribution in [2.45, 2.75) is 11.8 Å². The molecule has 180 valence electrons. The van der Waals surface area contributed by atoms with Crippen molar-refractivity contribution < 1.29 is 36.5 Å². The predicted molar refractivity (Wildman–Crippen MR) is 127 cm³/mol. The first-order valence-corrected chi connectivity index (χ1v) is 12.5. The van der Waals surface area contributed by atoms with Gasteiger partial charge in [0.15, 0.2) is 5.75 Å². The third kappa shape index (κ3) is 5.84. The van der Waals surface area contributed by atoms with Gasteiger partial charge in [0.2, 0.25) is 5.75 Å². The Hall–Kier alpha value is -2.73. The van der Waals surface area contributed by atoms with Crippen LogP contribution in [-0.2, 0) is 24.4 Å². The van der Waals surface area contributed by atoms with Crippen LogP contribution in [0.5, 0.6) is 11.5 Å². The number of halogens is 2. The topological polar surface area (TPSA) is 116 Å². The summed E-state index contributed by atoms with van der Waals surface area (Å²) in [7, 11) is -3.11. The van der Waals surface area contributed by atoms with Crippen LogP contribution in [0.1, 0.15) is 12.5 Å². The van der Waals surface area contributed by atoms with E-state index < -0.39 is 33.8 Å². The fourth-order valence-electron chi connectivity index (χ4n) is 2.76. The third-order valence-corrected chi connectivity index (χ3v) is 6.99. The van der Waals surface area contributed by atoms with E-state index in [-0.39, 0.29) is 32.9 Å². The maximum absolute atomic E-state index is 12.7. The minimum absolute atomic E-state index is 0.00702. The van der Waals surface area contributed by atoms with Crippen molar-refractivity contribution in [1.29, 1.82) is 0 Å². The SMILES string of the molecule is CCOc1cc(/C=C2\SC(=O)N(CC(=O)OC)C2=O)cc(Cl)c1OS(=O)(=O)c1ccc(Cl)cc1. The largest absolute Gasteiger partial charge is 0.490 e. The molecule has 1 fully saturated rings. The quantitative estimate of drug-likeness (QED) is 0.270. The van der Waals surface area contributed by atoms with Crippen LogP contribution in [0.15, 0.2) is 46.2 Å². The van der Waals surface area contributed by atoms with E-state index in [2.05, 4.69) is 4.74 Å². The summed E-state index contributed by atoms with van der Waals surface area (Å²) in [5, 5.41) is -0.386. The van der Waals surface area contributed by atoms with Crippen LogP contribution in [0.4, 0.5) is 4.79 Å². The van der Waals surface area contributed by atoms with E-state index in [1.807, 2.05) is 0 Å². The number of esters is 1. The van der Waals surface area contributed by atoms with E-state index in [1.54, 1.807) is 6.92 Å². The Kier molecular flexibility index (Phi) is 8.13. The average molecular weight is 546 g/mol. The van der Waals surface area contributed by atoms with Crippen molar-refractivity contribution in [3.63, 3.8) is 0 Å². The molecule has 1 heterocycles. The summed E-state index contributed by atoms with van der Waals surface area (Å²) in [5.74, 6) is -1.66. The number of carbonyl (C=O) groups is 3. The number of benzene rings is 2. The maximum Gasteiger partial charge on any atom is 0.339 e. The van der Waals surface area contributed by atoms with E-state index >= 15 is 0 Å². The van der Waals surface area contributed by atoms with Gasteiger partial charge in [-0.1, -0.05) is 23.2 Å². The van der Waals surface area contributed by atoms with Gasteiger partial charge < -0.3 is 13.7 Å². The van der Waals surface area contributed by atoms with Crippen molar-refractivity contribution in [1.82, 2.24) is 4.90 Å². The second-order valence-electron chi connectivity index (χ2n) is 6.60. The van der Waals surface area contributed by atoms with Crippen LogP contribution in [0.25, 0.3) is 6.08 Å². The Labute approximate surface area is 209 Å². The zero-order valence-corrected chi connectivity index (χ0v) is 20.9. The monoisotopic (exact) mass is 545 g/mol. The molecule has 2 amide bonds. The summed E-state index contributed by atoms with van der Waals surface area (Å²) >= 11 is 12.7. The highest BCUT2D eigenvalue weighted by molar-refractivity contribution is 8.18. The molecule has 34 heavy (non-hydrogen) atoms. The molecule has 3 rings (SSSR count). The van der Waals surface area contributed by atoms with Crippen LogP contribution in [0.2, 0.25) is 10.0 Å². The normalized spacial score (nSPS) is 15.1. The summed E-state index contributed by atoms with van der Waals surface area (Å²) in [6.45, 7) is 1.32. The molecule has 9 nitrogen and oxygen atoms in total. The van der Waals surface area contributed by atoms with Crippen LogP contribution < -0.4 is 8.92 Å². The van der Waals surface area contributed by atoms with E-state index in [9.17, 15) is 22.8 Å². The number of ether oxygens (including phenoxy) is 2. The number of methoxy groups -OCH3 is 1. The molecule has 0 unspecified atom stereocenters. The molecule has 0 saturated carbocycles. The molecule has 1 saturated heterocycles. The van der Waals surface area contributed by atoms with Gasteiger partial charge in [0.05, 0.1) is 23.6 Å². The molecule has 13 heteroatoms. The lowest BCUT2D eigenvalue weighted by Crippen LogP contribution is -2.34. The van der Waals surface area contributed by atoms with Crippen LogP contribution in [0.3, 0.4) is 0 Å². The van der Waals surface area contributed by atoms with Gasteiger partial charge in [-0.15, -0.1) is 0 Å². The van der Waals surface area contributed by atoms with E-state index in [1.165, 1.54) is 42.5 Å². The first kappa shape index (κ1) is 25.9. The highest BCUT2D eigenvalue weighted by Crippen LogP contribution is 2.40. The number of rotatable bonds is 8. The molecule has 0 aliphatic carbocycles. The third-order valence-electron chi connectivity index (χ3n) is 4.31. The van der Waals surface area contributed by atoms with Gasteiger partial charge in [-0.3, -0.25) is 19.3 Å². The van der Waals surface area contributed by atoms with Gasteiger partial charge in [-0.25, -0.2) is 0 Å². The number of hydrogen-bond donors (Lipinski definition) is 0. The van der Waals surface area contributed by atoms with E-state index in [0.29, 0.717) is 22.3 Å². The predicted octanol–water partition coefficient (Wildman–Crippen LogP) is 4.37. The number of carbonyl (C=O) groups excluding carboxylic acids is 3. The van der Waals surface area contributed by atoms with Gasteiger partial charge in [0.1, 0.15) is 11.4 Å². The van der Waals surface area contributed by atoms with Crippen molar-refractivity contribution in [2.24, 2.45) is 0 Å². The smallest absolute Gasteiger partial charge is 0.339 e. The lowest BCUT2D eigenvalue weighted by Gasteiger charge is -2.14. The zero-order valence-electron chi connectivity index (χ0n) is 17.7. The number of amides is 2. The summed E-state index contributed by atoms with van der Waals surface area (Å²) in [4.78, 5) is 36.8. The lowest BCUT2D eigenvalue weighted by atomic mass is 10.2. The molecule has 1 aliphatic heterocycles. The number of thioether (sulfide) groups is 1. The van der Waals surface area contributed by atoms with Gasteiger partial charge in [-0.05, 0) is 66.7 Å². The molecule has 1 aliphatic rings. The zero-order chi connectivity index (χ0) is 25.0. The van der Waals surface area contributed by atoms with Gasteiger partial charge in [0.25, 0.3) is 11.1 Å². The number of hydrogen-bond acceptors (Lipinski definition) is 9. The minimum Gasteiger partial charge on any atom is -0.490 e. The standard InChI is InChI=1S/C21H17Cl2NO8S2/c1-3-31-16-9-12(10-17-20(26)24(21(27)33-17)11-18(25)30-2)8-15(23)19(16)32-34(28,29)14-6-4-13(22)5-7-14/h4-10H,3,11H2,1-2H3/b17-10-. The Morgan fingerprint density at radius 3 is 2.44 bits per heavy atom. The van der Waals surface area contributed by atoms with E-state index in [0.717, 1.165) is 12.0 Å². The van der Waals surface area contributed by atoms with Crippen molar-refractivity contribution in [3.8, 4) is 11.5 Å². The molecule has 2 aromatic rings. The molecule has 0 aromatic heterocycles. The van der Waals surface area contributed by atoms with E-state index in [4.69, 9.17) is 32.1 Å². The molecule has 0 atom stereocenters. The summed E-state index contributed by atoms with van der Waals surface area (Å²) in [6, 6.07) is 8.13. The molecule has 0 radical (unpaired) electrons. The molecule has 0 N–H and O–H groups in total. The van der Waals surface area contributed by atoms with Crippen molar-refractivity contribution in [2.75, 3.05) is 20.3 Å². The molecular weight excluding hydrogens is 529 g/mol. The highest BCUT2D eigenvalue weighted by atomic mass is 35.5. The Morgan fingerprint density at radius 1 is 1.15 bits per heavy atom. The Morgan fingerprint density at radius 2 is 1.82 bits per heavy atom. The lowest BCUT2D eigenvalue weighted by molar-refractivity contribution is -0.143. The van der Waals surface area contributed by atoms with Crippen molar-refractivity contribution >= 4 is 68.3 Å². The number of nitrogens with zero attached hydrogens (tertiary/aromatic N) is 1. The molecular formula is C21H17Cl2NO8S2. The first-order valence-electron chi connectivity index (χ1n) is 9.54. The molecule has 2 aromatic carbocycles. The van der Waals surface area contributed by atoms with Crippen LogP contribution >= 0.6 is 35.0 Å². The average Bonchev–Trinajstić information content (AvgIpc) is 3.03. The second kappa shape index (κ2) is 10.7. The molecule has 0 bridgehead atoms. The Balaban J connectivity index is 1.94. The maximum atomic E-state index is 12.7. The van der Waals surface area contributed by atoms with Crippen LogP contribution in [0, 0.1) is 0 Å². The minimum atomic E-state index is -4.26. The fraction of sp³-hybridized carbons (Fsp3) is 0.190. The molecule has 0 spiro atoms. The van der Waals surface area contributed by atoms with Crippen molar-refractivity contribution in [3.05, 3.63) is 56.9 Å². The van der Waals surface area contributed by atoms with Crippen LogP contribution in [-0.4, -0.2) is 50.7 Å². The number of imide groups is 1. The summed E-state index contributed by atoms with van der Waals surface area (Å²) in [6.07, 6.45) is 1.37. The summed E-state index contributed by atoms with van der Waals surface area (Å²) < 4.78 is 40.6. The first-order chi connectivity index (χ1) is 16.1. The van der Waals surface area contributed by atoms with Gasteiger partial charge >= 0.3 is 16.1 Å². The van der Waals surface area contributed by atoms with Gasteiger partial charge in [0, 0.05) is 5.02 Å². The summed E-state index contributed by atoms with van der Waals surface area (Å²) in [5.41, 5.74) is 0.341. The van der Waals surface area contributed by atoms with Gasteiger partial charge in [-0.2, -0.15) is 8.42 Å². The fourth-order valence-corrected chi connectivity index (χ4v) is 4.98. The Bertz CT molecular complexity index is 1280. The highest BCUT2D eigenvalue weighted by Gasteiger charge is 2.36.